The van der Waals surface area contributed by atoms with Crippen LogP contribution in [0.2, 0.25) is 0 Å². The third-order valence-electron chi connectivity index (χ3n) is 5.58. The minimum Gasteiger partial charge on any atom is -0.489 e. The van der Waals surface area contributed by atoms with E-state index >= 15 is 0 Å². The number of rotatable bonds is 7. The van der Waals surface area contributed by atoms with Crippen molar-refractivity contribution in [2.75, 3.05) is 19.7 Å². The molecule has 28 heavy (non-hydrogen) atoms. The number of ether oxygens (including phenoxy) is 2. The lowest BCUT2D eigenvalue weighted by molar-refractivity contribution is 0.0477. The molecule has 3 N–H and O–H groups in total. The fraction of sp³-hybridized carbons (Fsp3) is 0.524. The van der Waals surface area contributed by atoms with Crippen LogP contribution in [-0.4, -0.2) is 53.6 Å². The Bertz CT molecular complexity index is 900. The standard InChI is InChI=1S/C21H27N3O4/c1-12(2)24-8-7-15(10-24)28-14-5-6-16-17(9-14)23-19(18(16)20(22)25)21(26)27-11-13-3-4-13/h5-6,9,12-13,15,23H,3-4,7-8,10-11H2,1-2H3,(H2,22,25). The Morgan fingerprint density at radius 2 is 2.07 bits per heavy atom. The number of fused-ring (bicyclic) bond motifs is 1. The summed E-state index contributed by atoms with van der Waals surface area (Å²) in [6, 6.07) is 5.91. The van der Waals surface area contributed by atoms with E-state index in [9.17, 15) is 9.59 Å². The van der Waals surface area contributed by atoms with Gasteiger partial charge in [-0.05, 0) is 51.2 Å². The van der Waals surface area contributed by atoms with E-state index in [1.807, 2.05) is 12.1 Å². The number of nitrogens with two attached hydrogens (primary N) is 1. The molecule has 2 aromatic rings. The molecule has 1 unspecified atom stereocenters. The Kier molecular flexibility index (Phi) is 5.02. The maximum absolute atomic E-state index is 12.4. The molecule has 0 spiro atoms. The van der Waals surface area contributed by atoms with E-state index in [0.29, 0.717) is 35.2 Å². The number of nitrogens with one attached hydrogen (secondary N) is 1. The highest BCUT2D eigenvalue weighted by Crippen LogP contribution is 2.31. The molecular weight excluding hydrogens is 358 g/mol. The number of hydrogen-bond donors (Lipinski definition) is 2. The molecule has 150 valence electrons. The van der Waals surface area contributed by atoms with Gasteiger partial charge < -0.3 is 20.2 Å². The number of aromatic nitrogens is 1. The third kappa shape index (κ3) is 3.85. The van der Waals surface area contributed by atoms with Crippen LogP contribution in [0.1, 0.15) is 54.0 Å². The quantitative estimate of drug-likeness (QED) is 0.714. The molecular formula is C21H27N3O4. The maximum Gasteiger partial charge on any atom is 0.355 e. The molecule has 2 heterocycles. The zero-order valence-electron chi connectivity index (χ0n) is 16.4. The summed E-state index contributed by atoms with van der Waals surface area (Å²) in [5.41, 5.74) is 6.48. The lowest BCUT2D eigenvalue weighted by Crippen LogP contribution is -2.30. The molecule has 7 heteroatoms. The highest BCUT2D eigenvalue weighted by molar-refractivity contribution is 6.14. The topological polar surface area (TPSA) is 97.7 Å². The van der Waals surface area contributed by atoms with Gasteiger partial charge in [-0.15, -0.1) is 0 Å². The fourth-order valence-electron chi connectivity index (χ4n) is 3.72. The molecule has 7 nitrogen and oxygen atoms in total. The average Bonchev–Trinajstić information content (AvgIpc) is 3.22. The second-order valence-corrected chi connectivity index (χ2v) is 8.11. The van der Waals surface area contributed by atoms with Gasteiger partial charge in [0.15, 0.2) is 0 Å². The summed E-state index contributed by atoms with van der Waals surface area (Å²) in [5.74, 6) is -0.0372. The average molecular weight is 385 g/mol. The fourth-order valence-corrected chi connectivity index (χ4v) is 3.72. The normalized spacial score (nSPS) is 20.0. The molecule has 0 bridgehead atoms. The summed E-state index contributed by atoms with van der Waals surface area (Å²) in [6.45, 7) is 6.67. The lowest BCUT2D eigenvalue weighted by Gasteiger charge is -2.20. The van der Waals surface area contributed by atoms with Crippen molar-refractivity contribution in [2.45, 2.75) is 45.3 Å². The van der Waals surface area contributed by atoms with Crippen molar-refractivity contribution in [3.63, 3.8) is 0 Å². The molecule has 0 radical (unpaired) electrons. The van der Waals surface area contributed by atoms with Crippen LogP contribution >= 0.6 is 0 Å². The first-order valence-electron chi connectivity index (χ1n) is 9.95. The number of amides is 1. The number of benzene rings is 1. The van der Waals surface area contributed by atoms with Crippen molar-refractivity contribution in [3.8, 4) is 5.75 Å². The van der Waals surface area contributed by atoms with Gasteiger partial charge in [0.1, 0.15) is 17.5 Å². The van der Waals surface area contributed by atoms with Gasteiger partial charge in [0.2, 0.25) is 0 Å². The number of likely N-dealkylation sites (tertiary alicyclic amines) is 1. The van der Waals surface area contributed by atoms with Crippen molar-refractivity contribution < 1.29 is 19.1 Å². The Hall–Kier alpha value is -2.54. The molecule has 1 amide bonds. The zero-order valence-corrected chi connectivity index (χ0v) is 16.4. The van der Waals surface area contributed by atoms with Gasteiger partial charge in [0.05, 0.1) is 17.7 Å². The largest absolute Gasteiger partial charge is 0.489 e. The van der Waals surface area contributed by atoms with E-state index < -0.39 is 11.9 Å². The number of hydrogen-bond acceptors (Lipinski definition) is 5. The molecule has 2 fully saturated rings. The van der Waals surface area contributed by atoms with E-state index in [0.717, 1.165) is 32.4 Å². The first-order valence-corrected chi connectivity index (χ1v) is 9.95. The first kappa shape index (κ1) is 18.8. The lowest BCUT2D eigenvalue weighted by atomic mass is 10.1. The maximum atomic E-state index is 12.4. The van der Waals surface area contributed by atoms with Crippen LogP contribution in [0, 0.1) is 5.92 Å². The van der Waals surface area contributed by atoms with Crippen LogP contribution in [0.3, 0.4) is 0 Å². The van der Waals surface area contributed by atoms with Gasteiger partial charge in [0, 0.05) is 30.6 Å². The number of carbonyl (C=O) groups is 2. The summed E-state index contributed by atoms with van der Waals surface area (Å²) in [5, 5.41) is 0.605. The van der Waals surface area contributed by atoms with E-state index in [2.05, 4.69) is 23.7 Å². The van der Waals surface area contributed by atoms with Gasteiger partial charge in [-0.2, -0.15) is 0 Å². The molecule has 1 aliphatic heterocycles. The molecule has 1 aromatic heterocycles. The summed E-state index contributed by atoms with van der Waals surface area (Å²) < 4.78 is 11.5. The SMILES string of the molecule is CC(C)N1CCC(Oc2ccc3c(C(N)=O)c(C(=O)OCC4CC4)[nH]c3c2)C1. The van der Waals surface area contributed by atoms with Gasteiger partial charge in [-0.1, -0.05) is 0 Å². The minimum absolute atomic E-state index is 0.118. The van der Waals surface area contributed by atoms with E-state index in [1.54, 1.807) is 6.07 Å². The van der Waals surface area contributed by atoms with Crippen LogP contribution in [0.4, 0.5) is 0 Å². The van der Waals surface area contributed by atoms with E-state index in [4.69, 9.17) is 15.2 Å². The number of primary amides is 1. The van der Waals surface area contributed by atoms with Crippen LogP contribution < -0.4 is 10.5 Å². The molecule has 4 rings (SSSR count). The zero-order chi connectivity index (χ0) is 19.8. The van der Waals surface area contributed by atoms with Gasteiger partial charge in [-0.25, -0.2) is 4.79 Å². The smallest absolute Gasteiger partial charge is 0.355 e. The van der Waals surface area contributed by atoms with Crippen molar-refractivity contribution in [1.29, 1.82) is 0 Å². The predicted molar refractivity (Wildman–Crippen MR) is 106 cm³/mol. The molecule has 1 aliphatic carbocycles. The Morgan fingerprint density at radius 1 is 1.29 bits per heavy atom. The number of esters is 1. The highest BCUT2D eigenvalue weighted by atomic mass is 16.5. The predicted octanol–water partition coefficient (Wildman–Crippen LogP) is 2.70. The van der Waals surface area contributed by atoms with Crippen molar-refractivity contribution in [1.82, 2.24) is 9.88 Å². The number of nitrogens with zero attached hydrogens (tertiary/aromatic N) is 1. The van der Waals surface area contributed by atoms with Crippen LogP contribution in [0.25, 0.3) is 10.9 Å². The van der Waals surface area contributed by atoms with Crippen molar-refractivity contribution in [2.24, 2.45) is 11.7 Å². The number of carbonyl (C=O) groups excluding carboxylic acids is 2. The summed E-state index contributed by atoms with van der Waals surface area (Å²) in [4.78, 5) is 29.8. The van der Waals surface area contributed by atoms with E-state index in [-0.39, 0.29) is 17.4 Å². The molecule has 1 aromatic carbocycles. The number of H-pyrrole nitrogens is 1. The van der Waals surface area contributed by atoms with Crippen LogP contribution in [-0.2, 0) is 4.74 Å². The second-order valence-electron chi connectivity index (χ2n) is 8.11. The Labute approximate surface area is 164 Å². The van der Waals surface area contributed by atoms with Crippen LogP contribution in [0.5, 0.6) is 5.75 Å². The Morgan fingerprint density at radius 3 is 2.71 bits per heavy atom. The third-order valence-corrected chi connectivity index (χ3v) is 5.58. The van der Waals surface area contributed by atoms with Gasteiger partial charge >= 0.3 is 5.97 Å². The van der Waals surface area contributed by atoms with Crippen molar-refractivity contribution >= 4 is 22.8 Å². The molecule has 2 aliphatic rings. The molecule has 1 saturated heterocycles. The van der Waals surface area contributed by atoms with Crippen LogP contribution in [0.15, 0.2) is 18.2 Å². The van der Waals surface area contributed by atoms with Gasteiger partial charge in [-0.3, -0.25) is 9.69 Å². The minimum atomic E-state index is -0.651. The molecule has 1 saturated carbocycles. The van der Waals surface area contributed by atoms with Crippen molar-refractivity contribution in [3.05, 3.63) is 29.5 Å². The highest BCUT2D eigenvalue weighted by Gasteiger charge is 2.28. The Balaban J connectivity index is 1.55. The summed E-state index contributed by atoms with van der Waals surface area (Å²) in [7, 11) is 0. The molecule has 1 atom stereocenters. The summed E-state index contributed by atoms with van der Waals surface area (Å²) in [6.07, 6.45) is 3.28. The monoisotopic (exact) mass is 385 g/mol. The van der Waals surface area contributed by atoms with E-state index in [1.165, 1.54) is 0 Å². The number of aromatic amines is 1. The summed E-state index contributed by atoms with van der Waals surface area (Å²) >= 11 is 0. The van der Waals surface area contributed by atoms with Gasteiger partial charge in [0.25, 0.3) is 5.91 Å². The second kappa shape index (κ2) is 7.47. The first-order chi connectivity index (χ1) is 13.4.